The second-order valence-corrected chi connectivity index (χ2v) is 6.48. The summed E-state index contributed by atoms with van der Waals surface area (Å²) in [5, 5.41) is 3.61. The van der Waals surface area contributed by atoms with Gasteiger partial charge in [-0.2, -0.15) is 0 Å². The number of nitrogens with one attached hydrogen (secondary N) is 1. The highest BCUT2D eigenvalue weighted by Crippen LogP contribution is 2.18. The van der Waals surface area contributed by atoms with Crippen molar-refractivity contribution in [3.8, 4) is 5.75 Å². The zero-order valence-electron chi connectivity index (χ0n) is 15.3. The van der Waals surface area contributed by atoms with Crippen LogP contribution >= 0.6 is 0 Å². The molecule has 0 saturated carbocycles. The fourth-order valence-corrected chi connectivity index (χ4v) is 2.83. The van der Waals surface area contributed by atoms with Crippen LogP contribution in [-0.4, -0.2) is 13.2 Å². The van der Waals surface area contributed by atoms with Gasteiger partial charge in [0.25, 0.3) is 0 Å². The van der Waals surface area contributed by atoms with Crippen molar-refractivity contribution < 1.29 is 4.74 Å². The van der Waals surface area contributed by atoms with E-state index < -0.39 is 0 Å². The zero-order chi connectivity index (χ0) is 17.2. The highest BCUT2D eigenvalue weighted by Gasteiger charge is 2.05. The standard InChI is InChI=1S/C22H31NO/c1-4-5-8-17-24-22-13-11-21(12-14-22)19(3)23-16-15-20-10-7-6-9-18(20)2/h6-7,9-14,19,23H,4-5,8,15-17H2,1-3H3. The molecule has 0 bridgehead atoms. The summed E-state index contributed by atoms with van der Waals surface area (Å²) in [6.07, 6.45) is 4.67. The van der Waals surface area contributed by atoms with Gasteiger partial charge in [0.15, 0.2) is 0 Å². The van der Waals surface area contributed by atoms with Crippen LogP contribution in [0.1, 0.15) is 55.8 Å². The molecule has 0 aliphatic rings. The zero-order valence-corrected chi connectivity index (χ0v) is 15.3. The van der Waals surface area contributed by atoms with Gasteiger partial charge in [-0.25, -0.2) is 0 Å². The normalized spacial score (nSPS) is 12.1. The predicted octanol–water partition coefficient (Wildman–Crippen LogP) is 5.46. The second kappa shape index (κ2) is 10.1. The minimum atomic E-state index is 0.350. The number of rotatable bonds is 10. The first-order valence-electron chi connectivity index (χ1n) is 9.21. The van der Waals surface area contributed by atoms with Gasteiger partial charge < -0.3 is 10.1 Å². The third-order valence-electron chi connectivity index (χ3n) is 4.50. The molecule has 0 saturated heterocycles. The Balaban J connectivity index is 1.75. The Kier molecular flexibility index (Phi) is 7.84. The van der Waals surface area contributed by atoms with E-state index >= 15 is 0 Å². The van der Waals surface area contributed by atoms with Crippen LogP contribution < -0.4 is 10.1 Å². The van der Waals surface area contributed by atoms with E-state index in [1.165, 1.54) is 29.5 Å². The summed E-state index contributed by atoms with van der Waals surface area (Å²) < 4.78 is 5.77. The van der Waals surface area contributed by atoms with Crippen molar-refractivity contribution in [1.29, 1.82) is 0 Å². The van der Waals surface area contributed by atoms with Crippen molar-refractivity contribution >= 4 is 0 Å². The SMILES string of the molecule is CCCCCOc1ccc(C(C)NCCc2ccccc2C)cc1. The lowest BCUT2D eigenvalue weighted by Crippen LogP contribution is -2.21. The van der Waals surface area contributed by atoms with Crippen LogP contribution in [0.3, 0.4) is 0 Å². The average Bonchev–Trinajstić information content (AvgIpc) is 2.61. The molecule has 0 spiro atoms. The number of hydrogen-bond acceptors (Lipinski definition) is 2. The third kappa shape index (κ3) is 6.01. The molecule has 2 aromatic carbocycles. The lowest BCUT2D eigenvalue weighted by molar-refractivity contribution is 0.306. The maximum Gasteiger partial charge on any atom is 0.119 e. The molecule has 0 aromatic heterocycles. The molecule has 0 amide bonds. The highest BCUT2D eigenvalue weighted by molar-refractivity contribution is 5.29. The van der Waals surface area contributed by atoms with Crippen molar-refractivity contribution in [2.45, 2.75) is 52.5 Å². The van der Waals surface area contributed by atoms with Crippen LogP contribution in [0.5, 0.6) is 5.75 Å². The fourth-order valence-electron chi connectivity index (χ4n) is 2.83. The van der Waals surface area contributed by atoms with Gasteiger partial charge in [0.1, 0.15) is 5.75 Å². The van der Waals surface area contributed by atoms with Gasteiger partial charge in [0, 0.05) is 6.04 Å². The van der Waals surface area contributed by atoms with Gasteiger partial charge in [-0.1, -0.05) is 56.2 Å². The summed E-state index contributed by atoms with van der Waals surface area (Å²) in [4.78, 5) is 0. The molecule has 2 aromatic rings. The molecule has 2 heteroatoms. The maximum absolute atomic E-state index is 5.77. The van der Waals surface area contributed by atoms with Gasteiger partial charge in [-0.15, -0.1) is 0 Å². The molecular weight excluding hydrogens is 294 g/mol. The molecule has 1 atom stereocenters. The Morgan fingerprint density at radius 3 is 2.46 bits per heavy atom. The Morgan fingerprint density at radius 1 is 1.00 bits per heavy atom. The topological polar surface area (TPSA) is 21.3 Å². The molecule has 1 N–H and O–H groups in total. The number of hydrogen-bond donors (Lipinski definition) is 1. The quantitative estimate of drug-likeness (QED) is 0.586. The monoisotopic (exact) mass is 325 g/mol. The van der Waals surface area contributed by atoms with Crippen molar-refractivity contribution in [3.05, 3.63) is 65.2 Å². The number of ether oxygens (including phenoxy) is 1. The third-order valence-corrected chi connectivity index (χ3v) is 4.50. The molecule has 2 rings (SSSR count). The van der Waals surface area contributed by atoms with Crippen LogP contribution in [0.25, 0.3) is 0 Å². The first-order valence-corrected chi connectivity index (χ1v) is 9.21. The maximum atomic E-state index is 5.77. The molecule has 1 unspecified atom stereocenters. The Morgan fingerprint density at radius 2 is 1.75 bits per heavy atom. The first kappa shape index (κ1) is 18.5. The van der Waals surface area contributed by atoms with E-state index in [2.05, 4.69) is 74.6 Å². The van der Waals surface area contributed by atoms with Gasteiger partial charge >= 0.3 is 0 Å². The van der Waals surface area contributed by atoms with Gasteiger partial charge in [0.05, 0.1) is 6.61 Å². The van der Waals surface area contributed by atoms with E-state index in [1.54, 1.807) is 0 Å². The van der Waals surface area contributed by atoms with Gasteiger partial charge in [-0.3, -0.25) is 0 Å². The van der Waals surface area contributed by atoms with E-state index in [0.29, 0.717) is 6.04 Å². The summed E-state index contributed by atoms with van der Waals surface area (Å²) >= 11 is 0. The van der Waals surface area contributed by atoms with E-state index in [-0.39, 0.29) is 0 Å². The summed E-state index contributed by atoms with van der Waals surface area (Å²) in [7, 11) is 0. The lowest BCUT2D eigenvalue weighted by Gasteiger charge is -2.15. The van der Waals surface area contributed by atoms with Crippen LogP contribution in [0, 0.1) is 6.92 Å². The molecule has 0 aliphatic carbocycles. The number of benzene rings is 2. The largest absolute Gasteiger partial charge is 0.494 e. The van der Waals surface area contributed by atoms with E-state index in [1.807, 2.05) is 0 Å². The Hall–Kier alpha value is -1.80. The predicted molar refractivity (Wildman–Crippen MR) is 103 cm³/mol. The van der Waals surface area contributed by atoms with Gasteiger partial charge in [0.2, 0.25) is 0 Å². The van der Waals surface area contributed by atoms with Crippen LogP contribution in [-0.2, 0) is 6.42 Å². The average molecular weight is 325 g/mol. The second-order valence-electron chi connectivity index (χ2n) is 6.48. The summed E-state index contributed by atoms with van der Waals surface area (Å²) in [6.45, 7) is 8.41. The highest BCUT2D eigenvalue weighted by atomic mass is 16.5. The van der Waals surface area contributed by atoms with E-state index in [4.69, 9.17) is 4.74 Å². The van der Waals surface area contributed by atoms with Crippen molar-refractivity contribution in [3.63, 3.8) is 0 Å². The van der Waals surface area contributed by atoms with E-state index in [9.17, 15) is 0 Å². The number of aryl methyl sites for hydroxylation is 1. The van der Waals surface area contributed by atoms with Crippen molar-refractivity contribution in [1.82, 2.24) is 5.32 Å². The molecule has 130 valence electrons. The molecule has 2 nitrogen and oxygen atoms in total. The van der Waals surface area contributed by atoms with Crippen LogP contribution in [0.2, 0.25) is 0 Å². The van der Waals surface area contributed by atoms with E-state index in [0.717, 1.165) is 31.7 Å². The Labute approximate surface area is 147 Å². The minimum Gasteiger partial charge on any atom is -0.494 e. The van der Waals surface area contributed by atoms with Crippen LogP contribution in [0.15, 0.2) is 48.5 Å². The molecule has 0 aliphatic heterocycles. The molecule has 0 heterocycles. The first-order chi connectivity index (χ1) is 11.7. The smallest absolute Gasteiger partial charge is 0.119 e. The molecule has 0 radical (unpaired) electrons. The summed E-state index contributed by atoms with van der Waals surface area (Å²) in [6, 6.07) is 17.5. The Bertz CT molecular complexity index is 591. The van der Waals surface area contributed by atoms with Crippen molar-refractivity contribution in [2.24, 2.45) is 0 Å². The van der Waals surface area contributed by atoms with Crippen molar-refractivity contribution in [2.75, 3.05) is 13.2 Å². The fraction of sp³-hybridized carbons (Fsp3) is 0.455. The van der Waals surface area contributed by atoms with Crippen LogP contribution in [0.4, 0.5) is 0 Å². The lowest BCUT2D eigenvalue weighted by atomic mass is 10.0. The molecule has 24 heavy (non-hydrogen) atoms. The summed E-state index contributed by atoms with van der Waals surface area (Å²) in [5.41, 5.74) is 4.10. The molecule has 0 fully saturated rings. The molecular formula is C22H31NO. The summed E-state index contributed by atoms with van der Waals surface area (Å²) in [5.74, 6) is 0.974. The number of unbranched alkanes of at least 4 members (excludes halogenated alkanes) is 2. The van der Waals surface area contributed by atoms with Gasteiger partial charge in [-0.05, 0) is 62.1 Å². The minimum absolute atomic E-state index is 0.350.